The van der Waals surface area contributed by atoms with Crippen LogP contribution in [0.1, 0.15) is 10.4 Å². The molecule has 0 spiro atoms. The number of hydrogen-bond acceptors (Lipinski definition) is 6. The molecule has 1 saturated heterocycles. The first-order valence-corrected chi connectivity index (χ1v) is 9.21. The molecule has 0 unspecified atom stereocenters. The van der Waals surface area contributed by atoms with Gasteiger partial charge in [0.15, 0.2) is 11.6 Å². The van der Waals surface area contributed by atoms with Crippen molar-refractivity contribution >= 4 is 23.3 Å². The predicted molar refractivity (Wildman–Crippen MR) is 109 cm³/mol. The second kappa shape index (κ2) is 8.06. The van der Waals surface area contributed by atoms with Crippen molar-refractivity contribution in [3.05, 3.63) is 66.2 Å². The first-order chi connectivity index (χ1) is 13.7. The number of benzene rings is 2. The van der Waals surface area contributed by atoms with Crippen molar-refractivity contribution in [2.45, 2.75) is 0 Å². The number of nitrogens with one attached hydrogen (secondary N) is 2. The monoisotopic (exact) mass is 375 g/mol. The van der Waals surface area contributed by atoms with Gasteiger partial charge in [0.25, 0.3) is 0 Å². The minimum Gasteiger partial charge on any atom is -0.477 e. The summed E-state index contributed by atoms with van der Waals surface area (Å²) in [5.41, 5.74) is 1.70. The SMILES string of the molecule is O=C(O)c1c(Nc2ccccc2)nc(-c2ccccc2)nc1N1CCNCC1. The van der Waals surface area contributed by atoms with Crippen LogP contribution in [0.25, 0.3) is 11.4 Å². The number of carbonyl (C=O) groups is 1. The Balaban J connectivity index is 1.87. The topological polar surface area (TPSA) is 90.4 Å². The van der Waals surface area contributed by atoms with E-state index in [0.717, 1.165) is 24.3 Å². The predicted octanol–water partition coefficient (Wildman–Crippen LogP) is 3.00. The molecule has 1 aliphatic rings. The van der Waals surface area contributed by atoms with Gasteiger partial charge in [0.05, 0.1) is 0 Å². The van der Waals surface area contributed by atoms with Gasteiger partial charge in [-0.3, -0.25) is 0 Å². The fourth-order valence-electron chi connectivity index (χ4n) is 3.22. The van der Waals surface area contributed by atoms with Crippen molar-refractivity contribution in [2.24, 2.45) is 0 Å². The number of aromatic nitrogens is 2. The lowest BCUT2D eigenvalue weighted by atomic mass is 10.1. The first kappa shape index (κ1) is 17.9. The summed E-state index contributed by atoms with van der Waals surface area (Å²) >= 11 is 0. The van der Waals surface area contributed by atoms with Crippen LogP contribution in [0.5, 0.6) is 0 Å². The summed E-state index contributed by atoms with van der Waals surface area (Å²) in [7, 11) is 0. The lowest BCUT2D eigenvalue weighted by molar-refractivity contribution is 0.0698. The van der Waals surface area contributed by atoms with E-state index >= 15 is 0 Å². The molecular weight excluding hydrogens is 354 g/mol. The van der Waals surface area contributed by atoms with Gasteiger partial charge in [0.1, 0.15) is 11.4 Å². The zero-order valence-electron chi connectivity index (χ0n) is 15.3. The van der Waals surface area contributed by atoms with Gasteiger partial charge >= 0.3 is 5.97 Å². The van der Waals surface area contributed by atoms with Crippen LogP contribution >= 0.6 is 0 Å². The van der Waals surface area contributed by atoms with E-state index in [0.29, 0.717) is 30.5 Å². The molecular formula is C21H21N5O2. The molecule has 4 rings (SSSR count). The summed E-state index contributed by atoms with van der Waals surface area (Å²) in [5.74, 6) is 0.187. The summed E-state index contributed by atoms with van der Waals surface area (Å²) in [6.45, 7) is 2.95. The maximum absolute atomic E-state index is 12.2. The van der Waals surface area contributed by atoms with E-state index in [1.165, 1.54) is 0 Å². The Morgan fingerprint density at radius 2 is 1.61 bits per heavy atom. The van der Waals surface area contributed by atoms with Crippen LogP contribution in [0.3, 0.4) is 0 Å². The van der Waals surface area contributed by atoms with E-state index in [9.17, 15) is 9.90 Å². The summed E-state index contributed by atoms with van der Waals surface area (Å²) < 4.78 is 0. The molecule has 0 aliphatic carbocycles. The van der Waals surface area contributed by atoms with Crippen molar-refractivity contribution in [2.75, 3.05) is 36.4 Å². The highest BCUT2D eigenvalue weighted by atomic mass is 16.4. The van der Waals surface area contributed by atoms with Gasteiger partial charge in [-0.2, -0.15) is 0 Å². The molecule has 28 heavy (non-hydrogen) atoms. The van der Waals surface area contributed by atoms with Gasteiger partial charge in [0.2, 0.25) is 0 Å². The van der Waals surface area contributed by atoms with Crippen molar-refractivity contribution in [3.8, 4) is 11.4 Å². The highest BCUT2D eigenvalue weighted by Gasteiger charge is 2.26. The van der Waals surface area contributed by atoms with Crippen molar-refractivity contribution in [3.63, 3.8) is 0 Å². The quantitative estimate of drug-likeness (QED) is 0.631. The first-order valence-electron chi connectivity index (χ1n) is 9.21. The van der Waals surface area contributed by atoms with Crippen LogP contribution in [-0.4, -0.2) is 47.2 Å². The number of anilines is 3. The maximum Gasteiger partial charge on any atom is 0.343 e. The van der Waals surface area contributed by atoms with E-state index in [4.69, 9.17) is 0 Å². The second-order valence-electron chi connectivity index (χ2n) is 6.49. The molecule has 1 aliphatic heterocycles. The van der Waals surface area contributed by atoms with Gasteiger partial charge in [-0.1, -0.05) is 48.5 Å². The molecule has 0 amide bonds. The average Bonchev–Trinajstić information content (AvgIpc) is 2.75. The minimum absolute atomic E-state index is 0.0884. The Bertz CT molecular complexity index is 957. The second-order valence-corrected chi connectivity index (χ2v) is 6.49. The molecule has 1 aromatic heterocycles. The standard InChI is InChI=1S/C21H21N5O2/c27-21(28)17-19(23-16-9-5-2-6-10-16)24-18(15-7-3-1-4-8-15)25-20(17)26-13-11-22-12-14-26/h1-10,22H,11-14H2,(H,27,28)(H,23,24,25). The highest BCUT2D eigenvalue weighted by Crippen LogP contribution is 2.30. The number of para-hydroxylation sites is 1. The number of hydrogen-bond donors (Lipinski definition) is 3. The molecule has 3 aromatic rings. The summed E-state index contributed by atoms with van der Waals surface area (Å²) in [4.78, 5) is 23.4. The van der Waals surface area contributed by atoms with Crippen LogP contribution in [0, 0.1) is 0 Å². The lowest BCUT2D eigenvalue weighted by Crippen LogP contribution is -2.44. The van der Waals surface area contributed by atoms with Crippen LogP contribution < -0.4 is 15.5 Å². The van der Waals surface area contributed by atoms with Crippen molar-refractivity contribution < 1.29 is 9.90 Å². The van der Waals surface area contributed by atoms with Gasteiger partial charge in [-0.25, -0.2) is 14.8 Å². The Hall–Kier alpha value is -3.45. The molecule has 0 bridgehead atoms. The molecule has 0 atom stereocenters. The van der Waals surface area contributed by atoms with Gasteiger partial charge in [-0.15, -0.1) is 0 Å². The summed E-state index contributed by atoms with van der Waals surface area (Å²) in [5, 5.41) is 16.4. The Labute approximate surface area is 163 Å². The van der Waals surface area contributed by atoms with Gasteiger partial charge in [-0.05, 0) is 12.1 Å². The molecule has 7 nitrogen and oxygen atoms in total. The third-order valence-corrected chi connectivity index (χ3v) is 4.59. The fraction of sp³-hybridized carbons (Fsp3) is 0.190. The number of carboxylic acid groups (broad SMARTS) is 1. The Kier molecular flexibility index (Phi) is 5.16. The molecule has 142 valence electrons. The zero-order valence-corrected chi connectivity index (χ0v) is 15.3. The van der Waals surface area contributed by atoms with Gasteiger partial charge < -0.3 is 20.6 Å². The minimum atomic E-state index is -1.05. The molecule has 2 heterocycles. The molecule has 1 fully saturated rings. The lowest BCUT2D eigenvalue weighted by Gasteiger charge is -2.30. The third kappa shape index (κ3) is 3.79. The van der Waals surface area contributed by atoms with Crippen LogP contribution in [0.4, 0.5) is 17.3 Å². The molecule has 2 aromatic carbocycles. The average molecular weight is 375 g/mol. The largest absolute Gasteiger partial charge is 0.477 e. The van der Waals surface area contributed by atoms with E-state index in [2.05, 4.69) is 20.6 Å². The summed E-state index contributed by atoms with van der Waals surface area (Å²) in [6, 6.07) is 19.0. The van der Waals surface area contributed by atoms with E-state index in [1.807, 2.05) is 65.6 Å². The van der Waals surface area contributed by atoms with Crippen molar-refractivity contribution in [1.82, 2.24) is 15.3 Å². The normalized spacial score (nSPS) is 13.9. The van der Waals surface area contributed by atoms with Crippen LogP contribution in [0.2, 0.25) is 0 Å². The number of aromatic carboxylic acids is 1. The Morgan fingerprint density at radius 3 is 2.25 bits per heavy atom. The molecule has 3 N–H and O–H groups in total. The third-order valence-electron chi connectivity index (χ3n) is 4.59. The number of piperazine rings is 1. The molecule has 0 saturated carbocycles. The van der Waals surface area contributed by atoms with Crippen LogP contribution in [0.15, 0.2) is 60.7 Å². The van der Waals surface area contributed by atoms with Crippen LogP contribution in [-0.2, 0) is 0 Å². The van der Waals surface area contributed by atoms with E-state index in [-0.39, 0.29) is 5.56 Å². The van der Waals surface area contributed by atoms with E-state index < -0.39 is 5.97 Å². The zero-order chi connectivity index (χ0) is 19.3. The smallest absolute Gasteiger partial charge is 0.343 e. The Morgan fingerprint density at radius 1 is 0.964 bits per heavy atom. The highest BCUT2D eigenvalue weighted by molar-refractivity contribution is 6.00. The fourth-order valence-corrected chi connectivity index (χ4v) is 3.22. The van der Waals surface area contributed by atoms with E-state index in [1.54, 1.807) is 0 Å². The molecule has 7 heteroatoms. The van der Waals surface area contributed by atoms with Crippen molar-refractivity contribution in [1.29, 1.82) is 0 Å². The number of carboxylic acids is 1. The maximum atomic E-state index is 12.2. The van der Waals surface area contributed by atoms with Gasteiger partial charge in [0, 0.05) is 37.4 Å². The number of nitrogens with zero attached hydrogens (tertiary/aromatic N) is 3. The summed E-state index contributed by atoms with van der Waals surface area (Å²) in [6.07, 6.45) is 0. The number of rotatable bonds is 5. The molecule has 0 radical (unpaired) electrons.